The summed E-state index contributed by atoms with van der Waals surface area (Å²) in [7, 11) is 0. The third kappa shape index (κ3) is 3.95. The van der Waals surface area contributed by atoms with Crippen molar-refractivity contribution < 1.29 is 4.74 Å². The van der Waals surface area contributed by atoms with Crippen LogP contribution in [0, 0.1) is 0 Å². The molecule has 0 aromatic carbocycles. The lowest BCUT2D eigenvalue weighted by atomic mass is 10.0. The summed E-state index contributed by atoms with van der Waals surface area (Å²) in [5.41, 5.74) is 1.20. The molecule has 0 bridgehead atoms. The minimum absolute atomic E-state index is 0.463. The van der Waals surface area contributed by atoms with Gasteiger partial charge in [0.1, 0.15) is 0 Å². The number of hydrogen-bond donors (Lipinski definition) is 0. The predicted octanol–water partition coefficient (Wildman–Crippen LogP) is 2.79. The molecule has 0 aromatic rings. The van der Waals surface area contributed by atoms with E-state index in [1.165, 1.54) is 5.57 Å². The molecule has 1 unspecified atom stereocenters. The van der Waals surface area contributed by atoms with Crippen LogP contribution in [-0.2, 0) is 4.74 Å². The van der Waals surface area contributed by atoms with Crippen LogP contribution in [0.25, 0.3) is 0 Å². The topological polar surface area (TPSA) is 12.5 Å². The second-order valence-corrected chi connectivity index (χ2v) is 4.03. The molecule has 0 radical (unpaired) electrons. The smallest absolute Gasteiger partial charge is 0.0594 e. The normalized spacial score (nSPS) is 20.6. The lowest BCUT2D eigenvalue weighted by Gasteiger charge is -2.34. The Balaban J connectivity index is 2.54. The molecular weight excluding hydrogens is 198 g/mol. The monoisotopic (exact) mass is 221 g/mol. The molecular formula is C14H23NO. The molecule has 0 N–H and O–H groups in total. The van der Waals surface area contributed by atoms with Crippen molar-refractivity contribution in [1.82, 2.24) is 4.90 Å². The first-order valence-electron chi connectivity index (χ1n) is 6.09. The summed E-state index contributed by atoms with van der Waals surface area (Å²) < 4.78 is 5.37. The minimum atomic E-state index is 0.463. The third-order valence-electron chi connectivity index (χ3n) is 2.92. The molecule has 1 fully saturated rings. The van der Waals surface area contributed by atoms with Gasteiger partial charge in [-0.15, -0.1) is 0 Å². The van der Waals surface area contributed by atoms with Crippen molar-refractivity contribution in [1.29, 1.82) is 0 Å². The number of nitrogens with zero attached hydrogens (tertiary/aromatic N) is 1. The van der Waals surface area contributed by atoms with Gasteiger partial charge in [0, 0.05) is 19.1 Å². The van der Waals surface area contributed by atoms with E-state index >= 15 is 0 Å². The van der Waals surface area contributed by atoms with Gasteiger partial charge in [-0.25, -0.2) is 0 Å². The van der Waals surface area contributed by atoms with E-state index in [-0.39, 0.29) is 0 Å². The summed E-state index contributed by atoms with van der Waals surface area (Å²) >= 11 is 0. The molecule has 1 aliphatic rings. The van der Waals surface area contributed by atoms with Gasteiger partial charge < -0.3 is 4.74 Å². The van der Waals surface area contributed by atoms with Gasteiger partial charge in [0.2, 0.25) is 0 Å². The van der Waals surface area contributed by atoms with Crippen molar-refractivity contribution in [2.75, 3.05) is 26.3 Å². The van der Waals surface area contributed by atoms with Crippen LogP contribution in [0.3, 0.4) is 0 Å². The fourth-order valence-corrected chi connectivity index (χ4v) is 2.05. The number of rotatable bonds is 5. The Morgan fingerprint density at radius 3 is 2.62 bits per heavy atom. The molecule has 1 rings (SSSR count). The van der Waals surface area contributed by atoms with Crippen molar-refractivity contribution in [3.63, 3.8) is 0 Å². The number of allylic oxidation sites excluding steroid dienone is 3. The lowest BCUT2D eigenvalue weighted by Crippen LogP contribution is -2.43. The van der Waals surface area contributed by atoms with E-state index in [0.717, 1.165) is 32.7 Å². The van der Waals surface area contributed by atoms with E-state index in [1.807, 2.05) is 19.1 Å². The van der Waals surface area contributed by atoms with E-state index in [1.54, 1.807) is 0 Å². The zero-order valence-electron chi connectivity index (χ0n) is 10.5. The van der Waals surface area contributed by atoms with Crippen molar-refractivity contribution in [2.24, 2.45) is 0 Å². The fourth-order valence-electron chi connectivity index (χ4n) is 2.05. The maximum Gasteiger partial charge on any atom is 0.0594 e. The first-order chi connectivity index (χ1) is 7.79. The highest BCUT2D eigenvalue weighted by atomic mass is 16.5. The first kappa shape index (κ1) is 13.2. The highest BCUT2D eigenvalue weighted by molar-refractivity contribution is 5.24. The van der Waals surface area contributed by atoms with Gasteiger partial charge in [0.05, 0.1) is 13.2 Å². The van der Waals surface area contributed by atoms with E-state index in [9.17, 15) is 0 Å². The van der Waals surface area contributed by atoms with Crippen LogP contribution in [0.2, 0.25) is 0 Å². The van der Waals surface area contributed by atoms with Gasteiger partial charge in [-0.1, -0.05) is 37.8 Å². The van der Waals surface area contributed by atoms with Crippen LogP contribution in [0.15, 0.2) is 36.5 Å². The SMILES string of the molecule is C=C(/C=C\C=C/C)C(CC)N1CCOCC1. The molecule has 2 heteroatoms. The van der Waals surface area contributed by atoms with Gasteiger partial charge in [0.25, 0.3) is 0 Å². The molecule has 1 aliphatic heterocycles. The molecule has 16 heavy (non-hydrogen) atoms. The summed E-state index contributed by atoms with van der Waals surface area (Å²) in [6, 6.07) is 0.463. The van der Waals surface area contributed by atoms with Gasteiger partial charge in [-0.2, -0.15) is 0 Å². The summed E-state index contributed by atoms with van der Waals surface area (Å²) in [4.78, 5) is 2.46. The highest BCUT2D eigenvalue weighted by Gasteiger charge is 2.20. The van der Waals surface area contributed by atoms with Crippen molar-refractivity contribution in [2.45, 2.75) is 26.3 Å². The average molecular weight is 221 g/mol. The fraction of sp³-hybridized carbons (Fsp3) is 0.571. The summed E-state index contributed by atoms with van der Waals surface area (Å²) in [6.45, 7) is 12.2. The molecule has 2 nitrogen and oxygen atoms in total. The Kier molecular flexibility index (Phi) is 6.12. The quantitative estimate of drug-likeness (QED) is 0.662. The standard InChI is InChI=1S/C14H23NO/c1-4-6-7-8-13(3)14(5-2)15-9-11-16-12-10-15/h4,6-8,14H,3,5,9-12H2,1-2H3/b6-4-,8-7-. The molecule has 0 saturated carbocycles. The molecule has 0 aromatic heterocycles. The van der Waals surface area contributed by atoms with Crippen molar-refractivity contribution >= 4 is 0 Å². The van der Waals surface area contributed by atoms with Crippen LogP contribution < -0.4 is 0 Å². The summed E-state index contributed by atoms with van der Waals surface area (Å²) in [6.07, 6.45) is 9.35. The van der Waals surface area contributed by atoms with Crippen LogP contribution in [0.1, 0.15) is 20.3 Å². The highest BCUT2D eigenvalue weighted by Crippen LogP contribution is 2.15. The maximum absolute atomic E-state index is 5.37. The zero-order valence-corrected chi connectivity index (χ0v) is 10.5. The molecule has 1 saturated heterocycles. The Hall–Kier alpha value is -0.860. The average Bonchev–Trinajstić information content (AvgIpc) is 2.32. The minimum Gasteiger partial charge on any atom is -0.379 e. The third-order valence-corrected chi connectivity index (χ3v) is 2.92. The van der Waals surface area contributed by atoms with Crippen LogP contribution in [-0.4, -0.2) is 37.2 Å². The second kappa shape index (κ2) is 7.42. The molecule has 0 amide bonds. The van der Waals surface area contributed by atoms with Gasteiger partial charge in [0.15, 0.2) is 0 Å². The van der Waals surface area contributed by atoms with E-state index in [0.29, 0.717) is 6.04 Å². The van der Waals surface area contributed by atoms with Crippen molar-refractivity contribution in [3.05, 3.63) is 36.5 Å². The van der Waals surface area contributed by atoms with Gasteiger partial charge in [-0.05, 0) is 18.9 Å². The number of morpholine rings is 1. The largest absolute Gasteiger partial charge is 0.379 e. The zero-order chi connectivity index (χ0) is 11.8. The predicted molar refractivity (Wildman–Crippen MR) is 69.6 cm³/mol. The van der Waals surface area contributed by atoms with Gasteiger partial charge in [-0.3, -0.25) is 4.90 Å². The lowest BCUT2D eigenvalue weighted by molar-refractivity contribution is 0.0236. The van der Waals surface area contributed by atoms with Crippen molar-refractivity contribution in [3.8, 4) is 0 Å². The van der Waals surface area contributed by atoms with E-state index < -0.39 is 0 Å². The van der Waals surface area contributed by atoms with E-state index in [4.69, 9.17) is 4.74 Å². The van der Waals surface area contributed by atoms with Crippen LogP contribution in [0.5, 0.6) is 0 Å². The molecule has 1 atom stereocenters. The Morgan fingerprint density at radius 2 is 2.06 bits per heavy atom. The second-order valence-electron chi connectivity index (χ2n) is 4.03. The number of hydrogen-bond acceptors (Lipinski definition) is 2. The summed E-state index contributed by atoms with van der Waals surface area (Å²) in [5, 5.41) is 0. The van der Waals surface area contributed by atoms with Gasteiger partial charge >= 0.3 is 0 Å². The Labute approximate surface area is 99.3 Å². The van der Waals surface area contributed by atoms with Crippen LogP contribution >= 0.6 is 0 Å². The van der Waals surface area contributed by atoms with E-state index in [2.05, 4.69) is 30.6 Å². The first-order valence-corrected chi connectivity index (χ1v) is 6.09. The molecule has 0 spiro atoms. The Bertz CT molecular complexity index is 262. The Morgan fingerprint density at radius 1 is 1.38 bits per heavy atom. The molecule has 90 valence electrons. The maximum atomic E-state index is 5.37. The summed E-state index contributed by atoms with van der Waals surface area (Å²) in [5.74, 6) is 0. The number of ether oxygens (including phenoxy) is 1. The molecule has 0 aliphatic carbocycles. The molecule has 1 heterocycles. The van der Waals surface area contributed by atoms with Crippen LogP contribution in [0.4, 0.5) is 0 Å².